The predicted octanol–water partition coefficient (Wildman–Crippen LogP) is 5.34. The smallest absolute Gasteiger partial charge is 0.253 e. The van der Waals surface area contributed by atoms with Gasteiger partial charge in [-0.1, -0.05) is 45.0 Å². The Bertz CT molecular complexity index is 3730. The number of hydrogen-bond acceptors (Lipinski definition) is 23. The first-order chi connectivity index (χ1) is 51.2. The molecule has 4 aromatic heterocycles. The Morgan fingerprint density at radius 2 is 1.20 bits per heavy atom. The minimum Gasteiger partial charge on any atom is -0.391 e. The van der Waals surface area contributed by atoms with E-state index in [1.165, 1.54) is 4.90 Å². The van der Waals surface area contributed by atoms with E-state index >= 15 is 0 Å². The molecular formula is C76H110N12O17S. The molecule has 6 N–H and O–H groups in total. The highest BCUT2D eigenvalue weighted by atomic mass is 32.1. The van der Waals surface area contributed by atoms with Crippen LogP contribution in [0.5, 0.6) is 0 Å². The number of fused-ring (bicyclic) bond motifs is 1. The molecule has 6 heterocycles. The first-order valence-corrected chi connectivity index (χ1v) is 37.6. The summed E-state index contributed by atoms with van der Waals surface area (Å²) in [6, 6.07) is 15.9. The van der Waals surface area contributed by atoms with E-state index in [2.05, 4.69) is 46.1 Å². The monoisotopic (exact) mass is 1490 g/mol. The van der Waals surface area contributed by atoms with Crippen LogP contribution in [-0.4, -0.2) is 265 Å². The number of pyridine rings is 2. The van der Waals surface area contributed by atoms with Gasteiger partial charge in [0.05, 0.1) is 172 Å². The quantitative estimate of drug-likeness (QED) is 0.0263. The zero-order chi connectivity index (χ0) is 75.6. The van der Waals surface area contributed by atoms with Gasteiger partial charge in [-0.15, -0.1) is 11.3 Å². The number of thiazole rings is 1. The molecule has 5 amide bonds. The van der Waals surface area contributed by atoms with Gasteiger partial charge in [-0.25, -0.2) is 9.97 Å². The second kappa shape index (κ2) is 44.6. The molecule has 30 heteroatoms. The molecule has 8 rings (SSSR count). The molecule has 29 nitrogen and oxygen atoms in total. The third-order valence-corrected chi connectivity index (χ3v) is 18.9. The highest BCUT2D eigenvalue weighted by molar-refractivity contribution is 7.13. The van der Waals surface area contributed by atoms with Crippen LogP contribution in [0.1, 0.15) is 98.4 Å². The number of H-pyrrole nitrogens is 1. The van der Waals surface area contributed by atoms with Crippen molar-refractivity contribution in [2.24, 2.45) is 5.41 Å². The van der Waals surface area contributed by atoms with Crippen LogP contribution < -0.4 is 31.7 Å². The normalized spacial score (nSPS) is 15.2. The van der Waals surface area contributed by atoms with E-state index in [1.54, 1.807) is 17.5 Å². The second-order valence-electron chi connectivity index (χ2n) is 27.4. The van der Waals surface area contributed by atoms with E-state index in [0.29, 0.717) is 150 Å². The first-order valence-electron chi connectivity index (χ1n) is 36.8. The van der Waals surface area contributed by atoms with Crippen molar-refractivity contribution in [3.63, 3.8) is 0 Å². The van der Waals surface area contributed by atoms with Gasteiger partial charge in [-0.3, -0.25) is 38.3 Å². The van der Waals surface area contributed by atoms with Crippen LogP contribution in [0.3, 0.4) is 0 Å². The number of likely N-dealkylation sites (tertiary alicyclic amines) is 1. The Kier molecular flexibility index (Phi) is 35.3. The molecule has 6 aromatic rings. The van der Waals surface area contributed by atoms with Gasteiger partial charge in [0.1, 0.15) is 17.9 Å². The van der Waals surface area contributed by atoms with Crippen LogP contribution in [0, 0.1) is 26.2 Å². The van der Waals surface area contributed by atoms with Crippen molar-refractivity contribution in [2.45, 2.75) is 112 Å². The van der Waals surface area contributed by atoms with Crippen molar-refractivity contribution in [3.8, 4) is 21.6 Å². The number of carbonyl (C=O) groups is 5. The van der Waals surface area contributed by atoms with E-state index in [9.17, 15) is 33.9 Å². The molecule has 0 saturated carbocycles. The summed E-state index contributed by atoms with van der Waals surface area (Å²) in [5.41, 5.74) is 8.92. The molecule has 2 aliphatic heterocycles. The number of nitrogens with zero attached hydrogens (tertiary/aromatic N) is 7. The zero-order valence-electron chi connectivity index (χ0n) is 62.9. The van der Waals surface area contributed by atoms with Gasteiger partial charge >= 0.3 is 0 Å². The number of aryl methyl sites for hydroxylation is 3. The number of aromatic nitrogens is 5. The Morgan fingerprint density at radius 1 is 0.632 bits per heavy atom. The lowest BCUT2D eigenvalue weighted by molar-refractivity contribution is -0.144. The maximum atomic E-state index is 14.0. The maximum Gasteiger partial charge on any atom is 0.253 e. The lowest BCUT2D eigenvalue weighted by Gasteiger charge is -2.35. The van der Waals surface area contributed by atoms with E-state index in [-0.39, 0.29) is 80.9 Å². The average molecular weight is 1500 g/mol. The lowest BCUT2D eigenvalue weighted by Crippen LogP contribution is -2.57. The van der Waals surface area contributed by atoms with Crippen molar-refractivity contribution in [2.75, 3.05) is 183 Å². The fourth-order valence-electron chi connectivity index (χ4n) is 12.1. The molecule has 2 fully saturated rings. The summed E-state index contributed by atoms with van der Waals surface area (Å²) in [6.07, 6.45) is 3.21. The summed E-state index contributed by atoms with van der Waals surface area (Å²) in [5, 5.41) is 27.6. The van der Waals surface area contributed by atoms with Gasteiger partial charge in [0.2, 0.25) is 23.6 Å². The number of amides is 5. The number of hydrogen-bond donors (Lipinski definition) is 6. The lowest BCUT2D eigenvalue weighted by atomic mass is 9.85. The van der Waals surface area contributed by atoms with Crippen LogP contribution in [0.2, 0.25) is 0 Å². The third-order valence-electron chi connectivity index (χ3n) is 17.9. The number of benzene rings is 2. The molecule has 3 atom stereocenters. The Morgan fingerprint density at radius 3 is 1.73 bits per heavy atom. The van der Waals surface area contributed by atoms with Crippen molar-refractivity contribution in [1.29, 1.82) is 0 Å². The predicted molar refractivity (Wildman–Crippen MR) is 402 cm³/mol. The van der Waals surface area contributed by atoms with Gasteiger partial charge in [0.15, 0.2) is 0 Å². The highest BCUT2D eigenvalue weighted by Gasteiger charge is 2.44. The Hall–Kier alpha value is -7.69. The van der Waals surface area contributed by atoms with Gasteiger partial charge in [0.25, 0.3) is 11.5 Å². The summed E-state index contributed by atoms with van der Waals surface area (Å²) in [7, 11) is 0. The summed E-state index contributed by atoms with van der Waals surface area (Å²) in [4.78, 5) is 98.5. The number of aliphatic hydroxyl groups is 1. The molecule has 2 saturated heterocycles. The first kappa shape index (κ1) is 83.9. The number of carbonyl (C=O) groups excluding carboxylic acids is 5. The molecule has 582 valence electrons. The van der Waals surface area contributed by atoms with Gasteiger partial charge < -0.3 is 88.5 Å². The number of rotatable bonds is 48. The summed E-state index contributed by atoms with van der Waals surface area (Å²) < 4.78 is 57.7. The highest BCUT2D eigenvalue weighted by Crippen LogP contribution is 2.32. The number of aliphatic hydroxyl groups excluding tert-OH is 1. The van der Waals surface area contributed by atoms with Crippen molar-refractivity contribution in [1.82, 2.24) is 55.8 Å². The summed E-state index contributed by atoms with van der Waals surface area (Å²) >= 11 is 1.57. The number of piperazine rings is 1. The Labute approximate surface area is 625 Å². The minimum atomic E-state index is -0.935. The van der Waals surface area contributed by atoms with E-state index in [4.69, 9.17) is 52.4 Å². The van der Waals surface area contributed by atoms with E-state index < -0.39 is 29.5 Å². The topological polar surface area (TPSA) is 332 Å². The van der Waals surface area contributed by atoms with Crippen molar-refractivity contribution in [3.05, 3.63) is 116 Å². The summed E-state index contributed by atoms with van der Waals surface area (Å²) in [6.45, 7) is 27.7. The van der Waals surface area contributed by atoms with Gasteiger partial charge in [-0.05, 0) is 92.6 Å². The van der Waals surface area contributed by atoms with E-state index in [1.807, 2.05) is 126 Å². The number of ether oxygens (including phenoxy) is 10. The molecule has 0 aliphatic carbocycles. The molecule has 2 aromatic carbocycles. The summed E-state index contributed by atoms with van der Waals surface area (Å²) in [5.74, 6) is -0.612. The van der Waals surface area contributed by atoms with Crippen LogP contribution in [0.4, 0.5) is 5.82 Å². The standard InChI is InChI=1S/C76H110N12O17S/c1-53(2)88-65-45-60(44-62(64(65)50-82-88)72(92)80-49-63-54(3)43-55(4)83-73(63)93)59-13-14-67(78-48-59)86-21-19-85(20-22-86)18-15-68(90)77-17-24-97-26-28-99-30-32-101-34-36-103-38-40-105-42-41-104-39-37-102-35-33-100-31-29-98-27-25-96-23-16-69(91)84-71(76(6,7)8)75(95)87-51-61(89)46-66(87)74(94)79-47-57-9-11-58(12-10-57)70-56(5)81-52-106-70/h9-14,43-45,48,50,52-53,61,66,71,89H,15-42,46-47,49,51H2,1-8H3,(H,77,90)(H,79,94)(H,80,92)(H,83,93)(H,84,91)/t61-,66+,71-/m1/s1. The number of β-amino-alcohol motifs (C(OH)–C–C–N with tert-alkyl or cyclic N) is 1. The average Bonchev–Trinajstić information content (AvgIpc) is 1.56. The fourth-order valence-corrected chi connectivity index (χ4v) is 12.9. The van der Waals surface area contributed by atoms with Gasteiger partial charge in [0, 0.05) is 113 Å². The SMILES string of the molecule is Cc1cc(C)c(CNC(=O)c2cc(-c3ccc(N4CCN(CCC(=O)NCCOCCOCCOCCOCCOCCOCCOCCOCCOCCOCCC(=O)N[C@H](C(=O)N5C[C@H](O)C[C@H]5C(=O)NCc5ccc(-c6scnc6C)cc5)C(C)(C)C)CC4)nc3)cc3c2cnn3C(C)C)c(=O)[nH]1. The number of nitrogens with one attached hydrogen (secondary N) is 5. The van der Waals surface area contributed by atoms with Gasteiger partial charge in [-0.2, -0.15) is 5.10 Å². The fraction of sp³-hybridized carbons (Fsp3) is 0.592. The molecule has 0 spiro atoms. The minimum absolute atomic E-state index is 0.0107. The number of aromatic amines is 1. The molecule has 0 radical (unpaired) electrons. The van der Waals surface area contributed by atoms with Crippen LogP contribution in [0.25, 0.3) is 32.5 Å². The Balaban J connectivity index is 0.534. The molecule has 2 aliphatic rings. The van der Waals surface area contributed by atoms with Crippen LogP contribution >= 0.6 is 11.3 Å². The third kappa shape index (κ3) is 27.5. The van der Waals surface area contributed by atoms with Crippen molar-refractivity contribution >= 4 is 57.6 Å². The largest absolute Gasteiger partial charge is 0.391 e. The van der Waals surface area contributed by atoms with E-state index in [0.717, 1.165) is 87.0 Å². The number of anilines is 1. The molecule has 0 bridgehead atoms. The zero-order valence-corrected chi connectivity index (χ0v) is 63.7. The molecule has 106 heavy (non-hydrogen) atoms. The molecular weight excluding hydrogens is 1380 g/mol. The van der Waals surface area contributed by atoms with Crippen LogP contribution in [0.15, 0.2) is 77.3 Å². The van der Waals surface area contributed by atoms with Crippen LogP contribution in [-0.2, 0) is 79.6 Å². The second-order valence-corrected chi connectivity index (χ2v) is 28.3. The maximum absolute atomic E-state index is 14.0. The van der Waals surface area contributed by atoms with Crippen molar-refractivity contribution < 1.29 is 76.4 Å². The molecule has 0 unspecified atom stereocenters.